The first-order valence-electron chi connectivity index (χ1n) is 11.0. The molecule has 1 aliphatic rings. The first-order valence-corrected chi connectivity index (χ1v) is 11.0. The highest BCUT2D eigenvalue weighted by atomic mass is 16.7. The Morgan fingerprint density at radius 3 is 2.34 bits per heavy atom. The van der Waals surface area contributed by atoms with Crippen LogP contribution in [0.5, 0.6) is 11.5 Å². The Labute approximate surface area is 202 Å². The van der Waals surface area contributed by atoms with E-state index in [2.05, 4.69) is 10.6 Å². The molecule has 35 heavy (non-hydrogen) atoms. The molecular formula is C26H25N3O6. The van der Waals surface area contributed by atoms with Gasteiger partial charge in [-0.2, -0.15) is 0 Å². The normalized spacial score (nSPS) is 12.5. The molecule has 180 valence electrons. The fraction of sp³-hybridized carbons (Fsp3) is 0.192. The largest absolute Gasteiger partial charge is 0.478 e. The van der Waals surface area contributed by atoms with Crippen LogP contribution < -0.4 is 20.1 Å². The lowest BCUT2D eigenvalue weighted by Crippen LogP contribution is -2.45. The Hall–Kier alpha value is -4.53. The van der Waals surface area contributed by atoms with E-state index in [0.29, 0.717) is 23.4 Å². The fourth-order valence-electron chi connectivity index (χ4n) is 3.77. The number of aromatic carboxylic acids is 1. The summed E-state index contributed by atoms with van der Waals surface area (Å²) >= 11 is 0. The average molecular weight is 476 g/mol. The van der Waals surface area contributed by atoms with E-state index in [1.807, 2.05) is 36.4 Å². The molecule has 1 aliphatic heterocycles. The fourth-order valence-corrected chi connectivity index (χ4v) is 3.77. The number of carboxylic acid groups (broad SMARTS) is 1. The Morgan fingerprint density at radius 1 is 0.971 bits per heavy atom. The first-order chi connectivity index (χ1) is 16.9. The molecule has 1 heterocycles. The van der Waals surface area contributed by atoms with Gasteiger partial charge in [-0.05, 0) is 22.8 Å². The molecule has 0 aromatic heterocycles. The van der Waals surface area contributed by atoms with Crippen molar-refractivity contribution in [1.29, 1.82) is 0 Å². The highest BCUT2D eigenvalue weighted by Crippen LogP contribution is 2.37. The van der Waals surface area contributed by atoms with Crippen molar-refractivity contribution in [3.05, 3.63) is 95.1 Å². The van der Waals surface area contributed by atoms with E-state index in [1.54, 1.807) is 36.4 Å². The molecule has 1 atom stereocenters. The monoisotopic (exact) mass is 475 g/mol. The summed E-state index contributed by atoms with van der Waals surface area (Å²) in [5.74, 6) is -1.06. The molecule has 0 aliphatic carbocycles. The SMILES string of the molecule is CN(Cc1ccc2c(c1C(=O)O)OCO2)C(=O)N[C@H](C(=O)NCc1ccccc1)c1ccccc1. The Balaban J connectivity index is 1.49. The van der Waals surface area contributed by atoms with Gasteiger partial charge in [0.2, 0.25) is 12.7 Å². The van der Waals surface area contributed by atoms with Crippen LogP contribution in [0.3, 0.4) is 0 Å². The number of hydrogen-bond acceptors (Lipinski definition) is 5. The van der Waals surface area contributed by atoms with Crippen molar-refractivity contribution in [3.8, 4) is 11.5 Å². The van der Waals surface area contributed by atoms with Crippen LogP contribution in [0.4, 0.5) is 4.79 Å². The van der Waals surface area contributed by atoms with Crippen LogP contribution in [-0.2, 0) is 17.9 Å². The van der Waals surface area contributed by atoms with Gasteiger partial charge in [0.1, 0.15) is 11.6 Å². The van der Waals surface area contributed by atoms with Crippen molar-refractivity contribution in [2.24, 2.45) is 0 Å². The molecule has 3 amide bonds. The van der Waals surface area contributed by atoms with Crippen LogP contribution in [0, 0.1) is 0 Å². The summed E-state index contributed by atoms with van der Waals surface area (Å²) in [5, 5.41) is 15.3. The number of carbonyl (C=O) groups excluding carboxylic acids is 2. The average Bonchev–Trinajstić information content (AvgIpc) is 3.35. The molecule has 0 saturated heterocycles. The van der Waals surface area contributed by atoms with E-state index in [4.69, 9.17) is 9.47 Å². The summed E-state index contributed by atoms with van der Waals surface area (Å²) in [4.78, 5) is 39.3. The van der Waals surface area contributed by atoms with Gasteiger partial charge in [-0.3, -0.25) is 4.79 Å². The van der Waals surface area contributed by atoms with Crippen molar-refractivity contribution in [3.63, 3.8) is 0 Å². The molecule has 9 heteroatoms. The van der Waals surface area contributed by atoms with Gasteiger partial charge in [0.25, 0.3) is 0 Å². The van der Waals surface area contributed by atoms with Gasteiger partial charge in [-0.25, -0.2) is 9.59 Å². The van der Waals surface area contributed by atoms with E-state index < -0.39 is 18.0 Å². The van der Waals surface area contributed by atoms with Gasteiger partial charge < -0.3 is 30.1 Å². The van der Waals surface area contributed by atoms with Crippen LogP contribution in [0.25, 0.3) is 0 Å². The van der Waals surface area contributed by atoms with Gasteiger partial charge in [0, 0.05) is 20.1 Å². The van der Waals surface area contributed by atoms with E-state index in [0.717, 1.165) is 5.56 Å². The second kappa shape index (κ2) is 10.6. The van der Waals surface area contributed by atoms with Gasteiger partial charge >= 0.3 is 12.0 Å². The number of carbonyl (C=O) groups is 3. The van der Waals surface area contributed by atoms with Crippen LogP contribution in [-0.4, -0.2) is 41.8 Å². The summed E-state index contributed by atoms with van der Waals surface area (Å²) in [5.41, 5.74) is 1.87. The lowest BCUT2D eigenvalue weighted by atomic mass is 10.0. The van der Waals surface area contributed by atoms with E-state index >= 15 is 0 Å². The molecule has 9 nitrogen and oxygen atoms in total. The minimum atomic E-state index is -1.18. The minimum Gasteiger partial charge on any atom is -0.478 e. The maximum Gasteiger partial charge on any atom is 0.339 e. The van der Waals surface area contributed by atoms with E-state index in [9.17, 15) is 19.5 Å². The third-order valence-electron chi connectivity index (χ3n) is 5.57. The second-order valence-corrected chi connectivity index (χ2v) is 7.99. The molecule has 0 radical (unpaired) electrons. The van der Waals surface area contributed by atoms with Gasteiger partial charge in [-0.1, -0.05) is 66.7 Å². The predicted octanol–water partition coefficient (Wildman–Crippen LogP) is 3.31. The zero-order valence-electron chi connectivity index (χ0n) is 19.1. The quantitative estimate of drug-likeness (QED) is 0.460. The van der Waals surface area contributed by atoms with Crippen molar-refractivity contribution in [1.82, 2.24) is 15.5 Å². The summed E-state index contributed by atoms with van der Waals surface area (Å²) < 4.78 is 10.6. The Morgan fingerprint density at radius 2 is 1.66 bits per heavy atom. The number of carboxylic acids is 1. The van der Waals surface area contributed by atoms with Gasteiger partial charge in [0.05, 0.1) is 0 Å². The maximum atomic E-state index is 13.1. The number of ether oxygens (including phenoxy) is 2. The zero-order chi connectivity index (χ0) is 24.8. The molecular weight excluding hydrogens is 450 g/mol. The van der Waals surface area contributed by atoms with Crippen LogP contribution >= 0.6 is 0 Å². The van der Waals surface area contributed by atoms with Crippen molar-refractivity contribution in [2.45, 2.75) is 19.1 Å². The number of hydrogen-bond donors (Lipinski definition) is 3. The standard InChI is InChI=1S/C26H25N3O6/c1-29(15-19-12-13-20-23(35-16-34-20)21(19)25(31)32)26(33)28-22(18-10-6-3-7-11-18)24(30)27-14-17-8-4-2-5-9-17/h2-13,22H,14-16H2,1H3,(H,27,30)(H,28,33)(H,31,32)/t22-/m0/s1. The zero-order valence-corrected chi connectivity index (χ0v) is 19.1. The highest BCUT2D eigenvalue weighted by Gasteiger charge is 2.28. The Kier molecular flexibility index (Phi) is 7.15. The van der Waals surface area contributed by atoms with E-state index in [-0.39, 0.29) is 30.6 Å². The number of benzene rings is 3. The number of rotatable bonds is 8. The third-order valence-corrected chi connectivity index (χ3v) is 5.57. The molecule has 0 unspecified atom stereocenters. The summed E-state index contributed by atoms with van der Waals surface area (Å²) in [7, 11) is 1.52. The maximum absolute atomic E-state index is 13.1. The Bertz CT molecular complexity index is 1220. The lowest BCUT2D eigenvalue weighted by Gasteiger charge is -2.24. The van der Waals surface area contributed by atoms with Crippen molar-refractivity contribution >= 4 is 17.9 Å². The molecule has 0 fully saturated rings. The second-order valence-electron chi connectivity index (χ2n) is 7.99. The first kappa shape index (κ1) is 23.6. The number of nitrogens with zero attached hydrogens (tertiary/aromatic N) is 1. The third kappa shape index (κ3) is 5.52. The number of urea groups is 1. The van der Waals surface area contributed by atoms with Crippen molar-refractivity contribution in [2.75, 3.05) is 13.8 Å². The molecule has 3 aromatic carbocycles. The number of amides is 3. The minimum absolute atomic E-state index is 0.0166. The topological polar surface area (TPSA) is 117 Å². The van der Waals surface area contributed by atoms with Gasteiger partial charge in [0.15, 0.2) is 11.5 Å². The lowest BCUT2D eigenvalue weighted by molar-refractivity contribution is -0.123. The smallest absolute Gasteiger partial charge is 0.339 e. The van der Waals surface area contributed by atoms with Crippen LogP contribution in [0.1, 0.15) is 33.1 Å². The van der Waals surface area contributed by atoms with Crippen LogP contribution in [0.2, 0.25) is 0 Å². The summed E-state index contributed by atoms with van der Waals surface area (Å²) in [6.07, 6.45) is 0. The van der Waals surface area contributed by atoms with Crippen molar-refractivity contribution < 1.29 is 29.0 Å². The van der Waals surface area contributed by atoms with E-state index in [1.165, 1.54) is 11.9 Å². The molecule has 0 saturated carbocycles. The summed E-state index contributed by atoms with van der Waals surface area (Å²) in [6, 6.07) is 20.1. The molecule has 0 bridgehead atoms. The number of nitrogens with one attached hydrogen (secondary N) is 2. The highest BCUT2D eigenvalue weighted by molar-refractivity contribution is 5.94. The van der Waals surface area contributed by atoms with Crippen LogP contribution in [0.15, 0.2) is 72.8 Å². The summed E-state index contributed by atoms with van der Waals surface area (Å²) in [6.45, 7) is 0.234. The molecule has 3 N–H and O–H groups in total. The molecule has 4 rings (SSSR count). The van der Waals surface area contributed by atoms with Gasteiger partial charge in [-0.15, -0.1) is 0 Å². The predicted molar refractivity (Wildman–Crippen MR) is 127 cm³/mol. The molecule has 0 spiro atoms. The number of fused-ring (bicyclic) bond motifs is 1. The molecule has 3 aromatic rings.